The highest BCUT2D eigenvalue weighted by molar-refractivity contribution is 7.16. The van der Waals surface area contributed by atoms with Crippen molar-refractivity contribution in [3.8, 4) is 0 Å². The summed E-state index contributed by atoms with van der Waals surface area (Å²) in [6, 6.07) is 5.60. The first-order chi connectivity index (χ1) is 12.3. The minimum atomic E-state index is -0.843. The number of imide groups is 1. The zero-order valence-electron chi connectivity index (χ0n) is 14.6. The molecule has 0 aliphatic heterocycles. The molecule has 2 aromatic rings. The van der Waals surface area contributed by atoms with Gasteiger partial charge in [-0.3, -0.25) is 14.9 Å². The van der Waals surface area contributed by atoms with Crippen LogP contribution < -0.4 is 10.6 Å². The van der Waals surface area contributed by atoms with E-state index in [4.69, 9.17) is 4.74 Å². The molecule has 2 N–H and O–H groups in total. The third kappa shape index (κ3) is 4.89. The number of amides is 3. The van der Waals surface area contributed by atoms with Crippen LogP contribution in [0.4, 0.5) is 14.2 Å². The molecule has 2 rings (SSSR count). The van der Waals surface area contributed by atoms with Gasteiger partial charge in [0.15, 0.2) is 0 Å². The molecule has 0 saturated heterocycles. The number of hydrogen-bond acceptors (Lipinski definition) is 5. The first-order valence-electron chi connectivity index (χ1n) is 7.94. The second kappa shape index (κ2) is 8.57. The fraction of sp³-hybridized carbons (Fsp3) is 0.278. The Labute approximate surface area is 154 Å². The molecular formula is C18H19FN2O4S. The smallest absolute Gasteiger partial charge is 0.414 e. The number of alkyl carbamates (subject to hydrolysis) is 1. The fourth-order valence-corrected chi connectivity index (χ4v) is 3.34. The molecule has 1 heterocycles. The van der Waals surface area contributed by atoms with Gasteiger partial charge >= 0.3 is 6.09 Å². The molecule has 26 heavy (non-hydrogen) atoms. The standard InChI is InChI=1S/C18H19FN2O4S/c1-4-25-18(24)21-16(23)15-10(2)11(3)26-17(15)20-14(22)9-12-5-7-13(19)8-6-12/h5-8H,4,9H2,1-3H3,(H,20,22)(H,21,23,24). The van der Waals surface area contributed by atoms with Crippen LogP contribution in [-0.4, -0.2) is 24.5 Å². The number of aryl methyl sites for hydroxylation is 1. The van der Waals surface area contributed by atoms with Gasteiger partial charge in [-0.25, -0.2) is 9.18 Å². The van der Waals surface area contributed by atoms with Gasteiger partial charge in [-0.1, -0.05) is 12.1 Å². The lowest BCUT2D eigenvalue weighted by molar-refractivity contribution is -0.115. The summed E-state index contributed by atoms with van der Waals surface area (Å²) >= 11 is 1.25. The van der Waals surface area contributed by atoms with E-state index in [1.165, 1.54) is 35.6 Å². The summed E-state index contributed by atoms with van der Waals surface area (Å²) in [6.45, 7) is 5.32. The van der Waals surface area contributed by atoms with Gasteiger partial charge in [0.1, 0.15) is 10.8 Å². The third-order valence-electron chi connectivity index (χ3n) is 3.63. The average molecular weight is 378 g/mol. The van der Waals surface area contributed by atoms with Crippen molar-refractivity contribution in [2.75, 3.05) is 11.9 Å². The van der Waals surface area contributed by atoms with Crippen molar-refractivity contribution in [3.05, 3.63) is 51.7 Å². The summed E-state index contributed by atoms with van der Waals surface area (Å²) in [5.41, 5.74) is 1.55. The minimum absolute atomic E-state index is 0.0369. The van der Waals surface area contributed by atoms with E-state index in [0.717, 1.165) is 4.88 Å². The van der Waals surface area contributed by atoms with Crippen molar-refractivity contribution in [3.63, 3.8) is 0 Å². The molecule has 3 amide bonds. The van der Waals surface area contributed by atoms with Gasteiger partial charge in [0.05, 0.1) is 18.6 Å². The highest BCUT2D eigenvalue weighted by Gasteiger charge is 2.23. The Balaban J connectivity index is 2.14. The normalized spacial score (nSPS) is 10.3. The van der Waals surface area contributed by atoms with Gasteiger partial charge in [-0.2, -0.15) is 0 Å². The van der Waals surface area contributed by atoms with Gasteiger partial charge in [0, 0.05) is 4.88 Å². The molecule has 8 heteroatoms. The van der Waals surface area contributed by atoms with Crippen LogP contribution in [0, 0.1) is 19.7 Å². The fourth-order valence-electron chi connectivity index (χ4n) is 2.27. The molecule has 1 aromatic carbocycles. The van der Waals surface area contributed by atoms with Crippen molar-refractivity contribution in [1.29, 1.82) is 0 Å². The van der Waals surface area contributed by atoms with Crippen LogP contribution in [0.5, 0.6) is 0 Å². The number of nitrogens with one attached hydrogen (secondary N) is 2. The largest absolute Gasteiger partial charge is 0.450 e. The number of rotatable bonds is 5. The minimum Gasteiger partial charge on any atom is -0.450 e. The van der Waals surface area contributed by atoms with E-state index in [9.17, 15) is 18.8 Å². The summed E-state index contributed by atoms with van der Waals surface area (Å²) < 4.78 is 17.6. The summed E-state index contributed by atoms with van der Waals surface area (Å²) in [6.07, 6.45) is -0.806. The number of hydrogen-bond donors (Lipinski definition) is 2. The number of anilines is 1. The Morgan fingerprint density at radius 1 is 1.15 bits per heavy atom. The van der Waals surface area contributed by atoms with Crippen molar-refractivity contribution >= 4 is 34.2 Å². The summed E-state index contributed by atoms with van der Waals surface area (Å²) in [4.78, 5) is 37.0. The molecule has 1 aromatic heterocycles. The zero-order valence-corrected chi connectivity index (χ0v) is 15.5. The van der Waals surface area contributed by atoms with Crippen LogP contribution in [0.3, 0.4) is 0 Å². The Bertz CT molecular complexity index is 830. The predicted octanol–water partition coefficient (Wildman–Crippen LogP) is 3.57. The Morgan fingerprint density at radius 2 is 1.81 bits per heavy atom. The lowest BCUT2D eigenvalue weighted by atomic mass is 10.1. The highest BCUT2D eigenvalue weighted by atomic mass is 32.1. The van der Waals surface area contributed by atoms with Crippen molar-refractivity contribution < 1.29 is 23.5 Å². The maximum Gasteiger partial charge on any atom is 0.414 e. The van der Waals surface area contributed by atoms with Gasteiger partial charge in [-0.05, 0) is 44.0 Å². The predicted molar refractivity (Wildman–Crippen MR) is 97.0 cm³/mol. The number of carbonyl (C=O) groups is 3. The van der Waals surface area contributed by atoms with Crippen LogP contribution in [0.1, 0.15) is 33.3 Å². The van der Waals surface area contributed by atoms with Crippen molar-refractivity contribution in [1.82, 2.24) is 5.32 Å². The van der Waals surface area contributed by atoms with E-state index < -0.39 is 12.0 Å². The zero-order chi connectivity index (χ0) is 19.3. The van der Waals surface area contributed by atoms with E-state index in [2.05, 4.69) is 10.6 Å². The molecule has 0 saturated carbocycles. The Kier molecular flexibility index (Phi) is 6.46. The lowest BCUT2D eigenvalue weighted by Gasteiger charge is -2.08. The molecule has 0 aliphatic carbocycles. The second-order valence-electron chi connectivity index (χ2n) is 5.51. The summed E-state index contributed by atoms with van der Waals surface area (Å²) in [5.74, 6) is -1.36. The van der Waals surface area contributed by atoms with E-state index >= 15 is 0 Å². The summed E-state index contributed by atoms with van der Waals surface area (Å²) in [5, 5.41) is 5.18. The van der Waals surface area contributed by atoms with Crippen LogP contribution >= 0.6 is 11.3 Å². The maximum atomic E-state index is 12.9. The van der Waals surface area contributed by atoms with Gasteiger partial charge < -0.3 is 10.1 Å². The second-order valence-corrected chi connectivity index (χ2v) is 6.74. The van der Waals surface area contributed by atoms with Crippen molar-refractivity contribution in [2.24, 2.45) is 0 Å². The van der Waals surface area contributed by atoms with Crippen LogP contribution in [0.2, 0.25) is 0 Å². The molecule has 0 unspecified atom stereocenters. The van der Waals surface area contributed by atoms with E-state index in [1.54, 1.807) is 13.8 Å². The number of benzene rings is 1. The molecule has 0 spiro atoms. The highest BCUT2D eigenvalue weighted by Crippen LogP contribution is 2.32. The molecule has 0 atom stereocenters. The molecule has 0 radical (unpaired) electrons. The molecular weight excluding hydrogens is 359 g/mol. The first kappa shape index (κ1) is 19.6. The van der Waals surface area contributed by atoms with E-state index in [0.29, 0.717) is 16.1 Å². The monoisotopic (exact) mass is 378 g/mol. The van der Waals surface area contributed by atoms with E-state index in [-0.39, 0.29) is 30.3 Å². The number of halogens is 1. The SMILES string of the molecule is CCOC(=O)NC(=O)c1c(NC(=O)Cc2ccc(F)cc2)sc(C)c1C. The molecule has 0 bridgehead atoms. The molecule has 6 nitrogen and oxygen atoms in total. The van der Waals surface area contributed by atoms with Crippen molar-refractivity contribution in [2.45, 2.75) is 27.2 Å². The molecule has 0 fully saturated rings. The number of thiophene rings is 1. The van der Waals surface area contributed by atoms with Crippen LogP contribution in [-0.2, 0) is 16.0 Å². The summed E-state index contributed by atoms with van der Waals surface area (Å²) in [7, 11) is 0. The Hall–Kier alpha value is -2.74. The van der Waals surface area contributed by atoms with Crippen LogP contribution in [0.15, 0.2) is 24.3 Å². The average Bonchev–Trinajstić information content (AvgIpc) is 2.83. The molecule has 138 valence electrons. The molecule has 0 aliphatic rings. The quantitative estimate of drug-likeness (QED) is 0.833. The number of ether oxygens (including phenoxy) is 1. The first-order valence-corrected chi connectivity index (χ1v) is 8.75. The Morgan fingerprint density at radius 3 is 2.42 bits per heavy atom. The lowest BCUT2D eigenvalue weighted by Crippen LogP contribution is -2.32. The maximum absolute atomic E-state index is 12.9. The van der Waals surface area contributed by atoms with E-state index in [1.807, 2.05) is 6.92 Å². The van der Waals surface area contributed by atoms with Gasteiger partial charge in [0.25, 0.3) is 5.91 Å². The third-order valence-corrected chi connectivity index (χ3v) is 4.76. The van der Waals surface area contributed by atoms with Gasteiger partial charge in [-0.15, -0.1) is 11.3 Å². The van der Waals surface area contributed by atoms with Gasteiger partial charge in [0.2, 0.25) is 5.91 Å². The number of carbonyl (C=O) groups excluding carboxylic acids is 3. The van der Waals surface area contributed by atoms with Crippen LogP contribution in [0.25, 0.3) is 0 Å². The topological polar surface area (TPSA) is 84.5 Å².